The third-order valence-electron chi connectivity index (χ3n) is 5.06. The Morgan fingerprint density at radius 2 is 1.76 bits per heavy atom. The lowest BCUT2D eigenvalue weighted by Gasteiger charge is -2.39. The highest BCUT2D eigenvalue weighted by molar-refractivity contribution is 5.95. The van der Waals surface area contributed by atoms with Crippen molar-refractivity contribution in [3.8, 4) is 11.5 Å². The van der Waals surface area contributed by atoms with Gasteiger partial charge >= 0.3 is 0 Å². The Bertz CT molecular complexity index is 565. The number of hydrogen-bond acceptors (Lipinski definition) is 5. The lowest BCUT2D eigenvalue weighted by Crippen LogP contribution is -2.51. The normalized spacial score (nSPS) is 21.8. The Labute approximate surface area is 149 Å². The van der Waals surface area contributed by atoms with Crippen molar-refractivity contribution in [3.63, 3.8) is 0 Å². The van der Waals surface area contributed by atoms with Crippen LogP contribution >= 0.6 is 0 Å². The number of hydrogen-bond donors (Lipinski definition) is 0. The van der Waals surface area contributed by atoms with E-state index in [1.165, 1.54) is 6.42 Å². The van der Waals surface area contributed by atoms with Gasteiger partial charge in [-0.05, 0) is 31.4 Å². The third-order valence-corrected chi connectivity index (χ3v) is 5.06. The van der Waals surface area contributed by atoms with Crippen molar-refractivity contribution < 1.29 is 19.0 Å². The quantitative estimate of drug-likeness (QED) is 0.815. The van der Waals surface area contributed by atoms with Gasteiger partial charge in [0.15, 0.2) is 0 Å². The maximum Gasteiger partial charge on any atom is 0.254 e. The molecule has 2 saturated heterocycles. The third kappa shape index (κ3) is 4.44. The number of amides is 1. The van der Waals surface area contributed by atoms with Gasteiger partial charge < -0.3 is 19.1 Å². The molecule has 1 unspecified atom stereocenters. The standard InChI is InChI=1S/C19H28N2O4/c1-23-17-11-15(12-18(13-17)24-2)19(22)21-6-4-3-5-16(21)14-20-7-9-25-10-8-20/h11-13,16H,3-10,14H2,1-2H3. The van der Waals surface area contributed by atoms with Crippen molar-refractivity contribution >= 4 is 5.91 Å². The number of nitrogens with zero attached hydrogens (tertiary/aromatic N) is 2. The van der Waals surface area contributed by atoms with Crippen molar-refractivity contribution in [2.75, 3.05) is 53.6 Å². The van der Waals surface area contributed by atoms with Crippen LogP contribution in [0.4, 0.5) is 0 Å². The zero-order chi connectivity index (χ0) is 17.6. The number of piperidine rings is 1. The maximum atomic E-state index is 13.2. The van der Waals surface area contributed by atoms with E-state index in [4.69, 9.17) is 14.2 Å². The molecule has 0 N–H and O–H groups in total. The zero-order valence-corrected chi connectivity index (χ0v) is 15.2. The molecule has 2 heterocycles. The lowest BCUT2D eigenvalue weighted by atomic mass is 10.00. The molecule has 0 aromatic heterocycles. The summed E-state index contributed by atoms with van der Waals surface area (Å²) in [5.74, 6) is 1.35. The summed E-state index contributed by atoms with van der Waals surface area (Å²) in [6, 6.07) is 5.64. The molecule has 0 bridgehead atoms. The number of likely N-dealkylation sites (tertiary alicyclic amines) is 1. The Morgan fingerprint density at radius 3 is 2.40 bits per heavy atom. The number of rotatable bonds is 5. The topological polar surface area (TPSA) is 51.2 Å². The van der Waals surface area contributed by atoms with Gasteiger partial charge in [-0.2, -0.15) is 0 Å². The molecule has 2 fully saturated rings. The highest BCUT2D eigenvalue weighted by Gasteiger charge is 2.30. The minimum absolute atomic E-state index is 0.0650. The van der Waals surface area contributed by atoms with E-state index in [1.54, 1.807) is 32.4 Å². The number of methoxy groups -OCH3 is 2. The second-order valence-corrected chi connectivity index (χ2v) is 6.66. The Morgan fingerprint density at radius 1 is 1.08 bits per heavy atom. The molecule has 2 aliphatic rings. The molecule has 0 radical (unpaired) electrons. The first kappa shape index (κ1) is 18.0. The zero-order valence-electron chi connectivity index (χ0n) is 15.2. The van der Waals surface area contributed by atoms with E-state index in [0.717, 1.165) is 52.2 Å². The van der Waals surface area contributed by atoms with E-state index in [1.807, 2.05) is 4.90 Å². The van der Waals surface area contributed by atoms with E-state index in [9.17, 15) is 4.79 Å². The van der Waals surface area contributed by atoms with Crippen LogP contribution in [0, 0.1) is 0 Å². The summed E-state index contributed by atoms with van der Waals surface area (Å²) >= 11 is 0. The number of benzene rings is 1. The van der Waals surface area contributed by atoms with Gasteiger partial charge in [0.25, 0.3) is 5.91 Å². The molecular formula is C19H28N2O4. The van der Waals surface area contributed by atoms with E-state index >= 15 is 0 Å². The van der Waals surface area contributed by atoms with Crippen LogP contribution in [0.25, 0.3) is 0 Å². The average Bonchev–Trinajstić information content (AvgIpc) is 2.68. The first-order chi connectivity index (χ1) is 12.2. The second kappa shape index (κ2) is 8.54. The molecule has 2 aliphatic heterocycles. The molecule has 3 rings (SSSR count). The Kier molecular flexibility index (Phi) is 6.15. The molecule has 1 amide bonds. The predicted molar refractivity (Wildman–Crippen MR) is 95.5 cm³/mol. The van der Waals surface area contributed by atoms with Crippen molar-refractivity contribution in [1.29, 1.82) is 0 Å². The smallest absolute Gasteiger partial charge is 0.254 e. The fraction of sp³-hybridized carbons (Fsp3) is 0.632. The summed E-state index contributed by atoms with van der Waals surface area (Å²) in [5, 5.41) is 0. The van der Waals surface area contributed by atoms with Crippen LogP contribution in [0.2, 0.25) is 0 Å². The molecule has 0 aliphatic carbocycles. The fourth-order valence-electron chi connectivity index (χ4n) is 3.64. The number of carbonyl (C=O) groups is 1. The number of morpholine rings is 1. The number of ether oxygens (including phenoxy) is 3. The van der Waals surface area contributed by atoms with Gasteiger partial charge in [0.05, 0.1) is 27.4 Å². The first-order valence-electron chi connectivity index (χ1n) is 9.05. The Hall–Kier alpha value is -1.79. The molecule has 1 aromatic rings. The minimum Gasteiger partial charge on any atom is -0.497 e. The minimum atomic E-state index is 0.0650. The molecule has 138 valence electrons. The van der Waals surface area contributed by atoms with Crippen LogP contribution in [0.3, 0.4) is 0 Å². The van der Waals surface area contributed by atoms with Gasteiger partial charge in [-0.3, -0.25) is 9.69 Å². The maximum absolute atomic E-state index is 13.2. The lowest BCUT2D eigenvalue weighted by molar-refractivity contribution is 0.0166. The summed E-state index contributed by atoms with van der Waals surface area (Å²) in [6.45, 7) is 5.21. The molecule has 25 heavy (non-hydrogen) atoms. The van der Waals surface area contributed by atoms with Crippen molar-refractivity contribution in [3.05, 3.63) is 23.8 Å². The highest BCUT2D eigenvalue weighted by atomic mass is 16.5. The second-order valence-electron chi connectivity index (χ2n) is 6.66. The molecule has 6 heteroatoms. The van der Waals surface area contributed by atoms with Crippen LogP contribution in [0.5, 0.6) is 11.5 Å². The van der Waals surface area contributed by atoms with Crippen molar-refractivity contribution in [1.82, 2.24) is 9.80 Å². The molecule has 0 saturated carbocycles. The predicted octanol–water partition coefficient (Wildman–Crippen LogP) is 2.03. The van der Waals surface area contributed by atoms with Crippen LogP contribution in [-0.4, -0.2) is 75.4 Å². The van der Waals surface area contributed by atoms with Gasteiger partial charge in [0.2, 0.25) is 0 Å². The molecule has 6 nitrogen and oxygen atoms in total. The van der Waals surface area contributed by atoms with Gasteiger partial charge in [-0.25, -0.2) is 0 Å². The molecule has 1 atom stereocenters. The van der Waals surface area contributed by atoms with Gasteiger partial charge in [0.1, 0.15) is 11.5 Å². The van der Waals surface area contributed by atoms with E-state index < -0.39 is 0 Å². The monoisotopic (exact) mass is 348 g/mol. The Balaban J connectivity index is 1.76. The van der Waals surface area contributed by atoms with Crippen molar-refractivity contribution in [2.45, 2.75) is 25.3 Å². The molecule has 1 aromatic carbocycles. The van der Waals surface area contributed by atoms with Gasteiger partial charge in [-0.15, -0.1) is 0 Å². The largest absolute Gasteiger partial charge is 0.497 e. The van der Waals surface area contributed by atoms with Crippen LogP contribution in [-0.2, 0) is 4.74 Å². The average molecular weight is 348 g/mol. The van der Waals surface area contributed by atoms with E-state index in [-0.39, 0.29) is 11.9 Å². The highest BCUT2D eigenvalue weighted by Crippen LogP contribution is 2.26. The summed E-state index contributed by atoms with van der Waals surface area (Å²) < 4.78 is 16.1. The van der Waals surface area contributed by atoms with Crippen LogP contribution in [0.15, 0.2) is 18.2 Å². The van der Waals surface area contributed by atoms with Gasteiger partial charge in [-0.1, -0.05) is 0 Å². The van der Waals surface area contributed by atoms with Gasteiger partial charge in [0, 0.05) is 43.9 Å². The summed E-state index contributed by atoms with van der Waals surface area (Å²) in [7, 11) is 3.20. The summed E-state index contributed by atoms with van der Waals surface area (Å²) in [5.41, 5.74) is 0.630. The van der Waals surface area contributed by atoms with Crippen LogP contribution in [0.1, 0.15) is 29.6 Å². The fourth-order valence-corrected chi connectivity index (χ4v) is 3.64. The summed E-state index contributed by atoms with van der Waals surface area (Å²) in [4.78, 5) is 17.6. The number of carbonyl (C=O) groups excluding carboxylic acids is 1. The first-order valence-corrected chi connectivity index (χ1v) is 9.05. The van der Waals surface area contributed by atoms with E-state index in [0.29, 0.717) is 17.1 Å². The SMILES string of the molecule is COc1cc(OC)cc(C(=O)N2CCCCC2CN2CCOCC2)c1. The molecular weight excluding hydrogens is 320 g/mol. The van der Waals surface area contributed by atoms with Crippen molar-refractivity contribution in [2.24, 2.45) is 0 Å². The summed E-state index contributed by atoms with van der Waals surface area (Å²) in [6.07, 6.45) is 3.30. The van der Waals surface area contributed by atoms with E-state index in [2.05, 4.69) is 4.90 Å². The van der Waals surface area contributed by atoms with Crippen LogP contribution < -0.4 is 9.47 Å². The molecule has 0 spiro atoms.